The summed E-state index contributed by atoms with van der Waals surface area (Å²) in [5.41, 5.74) is 0. The lowest BCUT2D eigenvalue weighted by Crippen LogP contribution is -2.23. The molecule has 96 valence electrons. The fraction of sp³-hybridized carbons (Fsp3) is 0.286. The van der Waals surface area contributed by atoms with Crippen LogP contribution in [-0.4, -0.2) is 13.2 Å². The summed E-state index contributed by atoms with van der Waals surface area (Å²) in [6, 6.07) is 12.5. The van der Waals surface area contributed by atoms with Gasteiger partial charge in [0.25, 0.3) is 0 Å². The van der Waals surface area contributed by atoms with Crippen LogP contribution in [-0.2, 0) is 0 Å². The van der Waals surface area contributed by atoms with E-state index >= 15 is 0 Å². The molecule has 0 bridgehead atoms. The van der Waals surface area contributed by atoms with E-state index in [0.29, 0.717) is 12.6 Å². The third-order valence-corrected chi connectivity index (χ3v) is 4.19. The van der Waals surface area contributed by atoms with Crippen LogP contribution in [0.1, 0.15) is 17.8 Å². The molecule has 0 saturated heterocycles. The van der Waals surface area contributed by atoms with E-state index in [-0.39, 0.29) is 0 Å². The summed E-state index contributed by atoms with van der Waals surface area (Å²) in [5, 5.41) is 5.55. The Labute approximate surface area is 120 Å². The number of rotatable bonds is 6. The Kier molecular flexibility index (Phi) is 5.23. The molecule has 2 aromatic rings. The Balaban J connectivity index is 1.68. The smallest absolute Gasteiger partial charge is 0.119 e. The molecule has 4 heteroatoms. The Bertz CT molecular complexity index is 455. The van der Waals surface area contributed by atoms with Crippen molar-refractivity contribution in [3.05, 3.63) is 51.1 Å². The standard InChI is InChI=1S/C14H16BrNOS/c1-11(14-3-2-10-18-14)16-8-9-17-13-6-4-12(15)5-7-13/h2-7,10-11,16H,8-9H2,1H3/t11-/m0/s1. The van der Waals surface area contributed by atoms with Gasteiger partial charge in [0, 0.05) is 21.9 Å². The van der Waals surface area contributed by atoms with Gasteiger partial charge in [-0.2, -0.15) is 0 Å². The van der Waals surface area contributed by atoms with Gasteiger partial charge in [-0.3, -0.25) is 0 Å². The molecule has 18 heavy (non-hydrogen) atoms. The Morgan fingerprint density at radius 2 is 2.06 bits per heavy atom. The molecule has 0 fully saturated rings. The van der Waals surface area contributed by atoms with Crippen molar-refractivity contribution in [2.75, 3.05) is 13.2 Å². The van der Waals surface area contributed by atoms with Crippen LogP contribution in [0.4, 0.5) is 0 Å². The van der Waals surface area contributed by atoms with E-state index < -0.39 is 0 Å². The number of ether oxygens (including phenoxy) is 1. The van der Waals surface area contributed by atoms with Crippen LogP contribution < -0.4 is 10.1 Å². The zero-order valence-electron chi connectivity index (χ0n) is 10.2. The maximum Gasteiger partial charge on any atom is 0.119 e. The predicted octanol–water partition coefficient (Wildman–Crippen LogP) is 4.24. The Hall–Kier alpha value is -0.840. The Morgan fingerprint density at radius 3 is 2.72 bits per heavy atom. The van der Waals surface area contributed by atoms with Gasteiger partial charge >= 0.3 is 0 Å². The molecule has 1 aromatic carbocycles. The molecular weight excluding hydrogens is 310 g/mol. The second-order valence-electron chi connectivity index (χ2n) is 3.99. The third kappa shape index (κ3) is 4.12. The molecule has 0 aliphatic rings. The number of halogens is 1. The van der Waals surface area contributed by atoms with E-state index in [1.807, 2.05) is 24.3 Å². The molecule has 1 atom stereocenters. The highest BCUT2D eigenvalue weighted by Crippen LogP contribution is 2.18. The fourth-order valence-electron chi connectivity index (χ4n) is 1.61. The maximum absolute atomic E-state index is 5.65. The van der Waals surface area contributed by atoms with Crippen LogP contribution in [0.25, 0.3) is 0 Å². The van der Waals surface area contributed by atoms with Crippen LogP contribution in [0.5, 0.6) is 5.75 Å². The minimum Gasteiger partial charge on any atom is -0.492 e. The van der Waals surface area contributed by atoms with Gasteiger partial charge in [0.2, 0.25) is 0 Å². The zero-order valence-corrected chi connectivity index (χ0v) is 12.6. The molecule has 2 nitrogen and oxygen atoms in total. The highest BCUT2D eigenvalue weighted by Gasteiger charge is 2.04. The maximum atomic E-state index is 5.65. The zero-order chi connectivity index (χ0) is 12.8. The number of hydrogen-bond acceptors (Lipinski definition) is 3. The molecule has 0 saturated carbocycles. The van der Waals surface area contributed by atoms with Crippen LogP contribution in [0.3, 0.4) is 0 Å². The van der Waals surface area contributed by atoms with Gasteiger partial charge in [0.1, 0.15) is 12.4 Å². The minimum atomic E-state index is 0.388. The SMILES string of the molecule is C[C@H](NCCOc1ccc(Br)cc1)c1cccs1. The van der Waals surface area contributed by atoms with Crippen molar-refractivity contribution >= 4 is 27.3 Å². The van der Waals surface area contributed by atoms with Crippen molar-refractivity contribution < 1.29 is 4.74 Å². The minimum absolute atomic E-state index is 0.388. The second-order valence-corrected chi connectivity index (χ2v) is 5.89. The van der Waals surface area contributed by atoms with E-state index in [2.05, 4.69) is 45.7 Å². The summed E-state index contributed by atoms with van der Waals surface area (Å²) in [6.45, 7) is 3.69. The summed E-state index contributed by atoms with van der Waals surface area (Å²) >= 11 is 5.18. The number of hydrogen-bond donors (Lipinski definition) is 1. The summed E-state index contributed by atoms with van der Waals surface area (Å²) in [4.78, 5) is 1.36. The predicted molar refractivity (Wildman–Crippen MR) is 80.4 cm³/mol. The van der Waals surface area contributed by atoms with Gasteiger partial charge in [0.05, 0.1) is 0 Å². The molecule has 0 radical (unpaired) electrons. The molecular formula is C14H16BrNOS. The fourth-order valence-corrected chi connectivity index (χ4v) is 2.64. The summed E-state index contributed by atoms with van der Waals surface area (Å²) in [6.07, 6.45) is 0. The largest absolute Gasteiger partial charge is 0.492 e. The lowest BCUT2D eigenvalue weighted by Gasteiger charge is -2.12. The van der Waals surface area contributed by atoms with Gasteiger partial charge in [-0.15, -0.1) is 11.3 Å². The van der Waals surface area contributed by atoms with Crippen molar-refractivity contribution in [3.8, 4) is 5.75 Å². The molecule has 0 aliphatic carbocycles. The lowest BCUT2D eigenvalue weighted by molar-refractivity contribution is 0.308. The van der Waals surface area contributed by atoms with E-state index in [1.165, 1.54) is 4.88 Å². The first-order chi connectivity index (χ1) is 8.75. The van der Waals surface area contributed by atoms with Gasteiger partial charge in [-0.1, -0.05) is 22.0 Å². The molecule has 0 aliphatic heterocycles. The molecule has 0 spiro atoms. The topological polar surface area (TPSA) is 21.3 Å². The van der Waals surface area contributed by atoms with Gasteiger partial charge in [-0.05, 0) is 42.6 Å². The number of nitrogens with one attached hydrogen (secondary N) is 1. The summed E-state index contributed by atoms with van der Waals surface area (Å²) in [5.74, 6) is 0.906. The lowest BCUT2D eigenvalue weighted by atomic mass is 10.3. The van der Waals surface area contributed by atoms with Crippen molar-refractivity contribution in [1.82, 2.24) is 5.32 Å². The average molecular weight is 326 g/mol. The van der Waals surface area contributed by atoms with Crippen LogP contribution in [0, 0.1) is 0 Å². The molecule has 1 N–H and O–H groups in total. The van der Waals surface area contributed by atoms with Gasteiger partial charge in [-0.25, -0.2) is 0 Å². The quantitative estimate of drug-likeness (QED) is 0.802. The van der Waals surface area contributed by atoms with Crippen molar-refractivity contribution in [2.24, 2.45) is 0 Å². The average Bonchev–Trinajstić information content (AvgIpc) is 2.90. The molecule has 1 heterocycles. The second kappa shape index (κ2) is 6.92. The summed E-state index contributed by atoms with van der Waals surface area (Å²) < 4.78 is 6.72. The normalized spacial score (nSPS) is 12.3. The third-order valence-electron chi connectivity index (χ3n) is 2.60. The van der Waals surface area contributed by atoms with E-state index in [1.54, 1.807) is 11.3 Å². The molecule has 0 amide bonds. The van der Waals surface area contributed by atoms with Crippen LogP contribution >= 0.6 is 27.3 Å². The van der Waals surface area contributed by atoms with Crippen LogP contribution in [0.15, 0.2) is 46.3 Å². The van der Waals surface area contributed by atoms with Crippen molar-refractivity contribution in [1.29, 1.82) is 0 Å². The van der Waals surface area contributed by atoms with E-state index in [4.69, 9.17) is 4.74 Å². The van der Waals surface area contributed by atoms with Crippen molar-refractivity contribution in [3.63, 3.8) is 0 Å². The highest BCUT2D eigenvalue weighted by atomic mass is 79.9. The molecule has 2 rings (SSSR count). The molecule has 0 unspecified atom stereocenters. The van der Waals surface area contributed by atoms with Gasteiger partial charge in [0.15, 0.2) is 0 Å². The first-order valence-corrected chi connectivity index (χ1v) is 7.58. The van der Waals surface area contributed by atoms with Crippen molar-refractivity contribution in [2.45, 2.75) is 13.0 Å². The first-order valence-electron chi connectivity index (χ1n) is 5.91. The first kappa shape index (κ1) is 13.6. The molecule has 1 aromatic heterocycles. The monoisotopic (exact) mass is 325 g/mol. The summed E-state index contributed by atoms with van der Waals surface area (Å²) in [7, 11) is 0. The number of thiophene rings is 1. The van der Waals surface area contributed by atoms with E-state index in [0.717, 1.165) is 16.8 Å². The van der Waals surface area contributed by atoms with Crippen LogP contribution in [0.2, 0.25) is 0 Å². The van der Waals surface area contributed by atoms with Gasteiger partial charge < -0.3 is 10.1 Å². The number of benzene rings is 1. The Morgan fingerprint density at radius 1 is 1.28 bits per heavy atom. The highest BCUT2D eigenvalue weighted by molar-refractivity contribution is 9.10. The van der Waals surface area contributed by atoms with E-state index in [9.17, 15) is 0 Å².